The smallest absolute Gasteiger partial charge is 0.0405 e. The number of aromatic amines is 1. The number of hydrogen-bond donors (Lipinski definition) is 1. The standard InChI is InChI=1S/C6H5Cl.C4H5N/c7-6-4-2-1-3-5-6;1-2-4-5-3-1/h1-5H;1-5H. The van der Waals surface area contributed by atoms with Crippen LogP contribution >= 0.6 is 11.6 Å². The lowest BCUT2D eigenvalue weighted by atomic mass is 10.4. The lowest BCUT2D eigenvalue weighted by molar-refractivity contribution is 1.42. The van der Waals surface area contributed by atoms with Gasteiger partial charge in [-0.05, 0) is 24.3 Å². The van der Waals surface area contributed by atoms with Gasteiger partial charge in [0, 0.05) is 17.4 Å². The van der Waals surface area contributed by atoms with Gasteiger partial charge in [0.25, 0.3) is 0 Å². The van der Waals surface area contributed by atoms with Crippen LogP contribution in [-0.4, -0.2) is 4.98 Å². The van der Waals surface area contributed by atoms with Crippen molar-refractivity contribution in [1.29, 1.82) is 0 Å². The normalized spacial score (nSPS) is 8.42. The monoisotopic (exact) mass is 179 g/mol. The molecule has 0 unspecified atom stereocenters. The van der Waals surface area contributed by atoms with E-state index in [1.54, 1.807) is 0 Å². The first-order valence-corrected chi connectivity index (χ1v) is 4.05. The van der Waals surface area contributed by atoms with Gasteiger partial charge in [0.05, 0.1) is 0 Å². The number of halogens is 1. The molecule has 62 valence electrons. The van der Waals surface area contributed by atoms with Crippen molar-refractivity contribution in [2.45, 2.75) is 0 Å². The summed E-state index contributed by atoms with van der Waals surface area (Å²) in [6.45, 7) is 0. The molecular formula is C10H10ClN. The highest BCUT2D eigenvalue weighted by atomic mass is 35.5. The van der Waals surface area contributed by atoms with E-state index in [9.17, 15) is 0 Å². The van der Waals surface area contributed by atoms with Crippen LogP contribution in [0.4, 0.5) is 0 Å². The molecule has 0 aliphatic rings. The molecule has 0 aliphatic heterocycles. The van der Waals surface area contributed by atoms with Crippen LogP contribution in [0, 0.1) is 0 Å². The first-order valence-electron chi connectivity index (χ1n) is 3.68. The topological polar surface area (TPSA) is 15.8 Å². The van der Waals surface area contributed by atoms with E-state index in [0.29, 0.717) is 0 Å². The summed E-state index contributed by atoms with van der Waals surface area (Å²) in [5.74, 6) is 0. The number of benzene rings is 1. The highest BCUT2D eigenvalue weighted by Gasteiger charge is 1.74. The van der Waals surface area contributed by atoms with Crippen LogP contribution in [0.1, 0.15) is 0 Å². The van der Waals surface area contributed by atoms with Gasteiger partial charge in [-0.2, -0.15) is 0 Å². The molecule has 1 heterocycles. The summed E-state index contributed by atoms with van der Waals surface area (Å²) in [6.07, 6.45) is 3.75. The van der Waals surface area contributed by atoms with Crippen molar-refractivity contribution in [2.75, 3.05) is 0 Å². The molecule has 0 amide bonds. The molecule has 0 saturated carbocycles. The zero-order chi connectivity index (χ0) is 8.65. The van der Waals surface area contributed by atoms with E-state index >= 15 is 0 Å². The zero-order valence-electron chi connectivity index (χ0n) is 6.57. The fraction of sp³-hybridized carbons (Fsp3) is 0. The Labute approximate surface area is 77.0 Å². The van der Waals surface area contributed by atoms with E-state index in [-0.39, 0.29) is 0 Å². The fourth-order valence-corrected chi connectivity index (χ4v) is 0.838. The van der Waals surface area contributed by atoms with Crippen molar-refractivity contribution in [3.05, 3.63) is 59.9 Å². The van der Waals surface area contributed by atoms with Crippen molar-refractivity contribution in [3.8, 4) is 0 Å². The van der Waals surface area contributed by atoms with Crippen LogP contribution in [0.2, 0.25) is 5.02 Å². The Balaban J connectivity index is 0.000000127. The van der Waals surface area contributed by atoms with Crippen LogP contribution in [0.5, 0.6) is 0 Å². The summed E-state index contributed by atoms with van der Waals surface area (Å²) < 4.78 is 0. The average molecular weight is 180 g/mol. The second-order valence-corrected chi connectivity index (χ2v) is 2.62. The van der Waals surface area contributed by atoms with Crippen molar-refractivity contribution in [2.24, 2.45) is 0 Å². The minimum atomic E-state index is 0.794. The van der Waals surface area contributed by atoms with Crippen molar-refractivity contribution in [1.82, 2.24) is 4.98 Å². The van der Waals surface area contributed by atoms with Crippen molar-refractivity contribution < 1.29 is 0 Å². The maximum atomic E-state index is 5.54. The van der Waals surface area contributed by atoms with E-state index in [2.05, 4.69) is 4.98 Å². The molecule has 0 saturated heterocycles. The number of nitrogens with one attached hydrogen (secondary N) is 1. The van der Waals surface area contributed by atoms with Gasteiger partial charge in [-0.3, -0.25) is 0 Å². The maximum Gasteiger partial charge on any atom is 0.0405 e. The SMILES string of the molecule is Clc1ccccc1.c1cc[nH]c1. The minimum Gasteiger partial charge on any atom is -0.368 e. The van der Waals surface area contributed by atoms with Gasteiger partial charge in [0.15, 0.2) is 0 Å². The second-order valence-electron chi connectivity index (χ2n) is 2.18. The molecule has 0 bridgehead atoms. The summed E-state index contributed by atoms with van der Waals surface area (Å²) in [6, 6.07) is 13.3. The van der Waals surface area contributed by atoms with Gasteiger partial charge >= 0.3 is 0 Å². The fourth-order valence-electron chi connectivity index (χ4n) is 0.692. The van der Waals surface area contributed by atoms with E-state index in [0.717, 1.165) is 5.02 Å². The lowest BCUT2D eigenvalue weighted by Gasteiger charge is -1.80. The minimum absolute atomic E-state index is 0.794. The first kappa shape index (κ1) is 8.88. The van der Waals surface area contributed by atoms with Crippen LogP contribution in [-0.2, 0) is 0 Å². The number of hydrogen-bond acceptors (Lipinski definition) is 0. The highest BCUT2D eigenvalue weighted by Crippen LogP contribution is 2.03. The van der Waals surface area contributed by atoms with Crippen LogP contribution < -0.4 is 0 Å². The predicted octanol–water partition coefficient (Wildman–Crippen LogP) is 3.35. The number of rotatable bonds is 0. The molecular weight excluding hydrogens is 170 g/mol. The van der Waals surface area contributed by atoms with Gasteiger partial charge in [0.2, 0.25) is 0 Å². The van der Waals surface area contributed by atoms with Gasteiger partial charge in [-0.1, -0.05) is 29.8 Å². The summed E-state index contributed by atoms with van der Waals surface area (Å²) in [7, 11) is 0. The summed E-state index contributed by atoms with van der Waals surface area (Å²) in [5.41, 5.74) is 0. The largest absolute Gasteiger partial charge is 0.368 e. The third-order valence-electron chi connectivity index (χ3n) is 1.23. The zero-order valence-corrected chi connectivity index (χ0v) is 7.33. The molecule has 2 heteroatoms. The Kier molecular flexibility index (Phi) is 4.03. The summed E-state index contributed by atoms with van der Waals surface area (Å²) in [5, 5.41) is 0.794. The van der Waals surface area contributed by atoms with Crippen LogP contribution in [0.25, 0.3) is 0 Å². The van der Waals surface area contributed by atoms with Crippen LogP contribution in [0.3, 0.4) is 0 Å². The molecule has 0 fully saturated rings. The Morgan fingerprint density at radius 3 is 1.67 bits per heavy atom. The molecule has 1 nitrogen and oxygen atoms in total. The Hall–Kier alpha value is -1.21. The van der Waals surface area contributed by atoms with E-state index in [4.69, 9.17) is 11.6 Å². The molecule has 12 heavy (non-hydrogen) atoms. The average Bonchev–Trinajstić information content (AvgIpc) is 2.62. The third kappa shape index (κ3) is 3.84. The Morgan fingerprint density at radius 2 is 1.42 bits per heavy atom. The van der Waals surface area contributed by atoms with Gasteiger partial charge in [-0.25, -0.2) is 0 Å². The van der Waals surface area contributed by atoms with Crippen LogP contribution in [0.15, 0.2) is 54.9 Å². The van der Waals surface area contributed by atoms with Gasteiger partial charge < -0.3 is 4.98 Å². The second kappa shape index (κ2) is 5.44. The predicted molar refractivity (Wildman–Crippen MR) is 52.2 cm³/mol. The van der Waals surface area contributed by atoms with E-state index in [1.807, 2.05) is 54.9 Å². The third-order valence-corrected chi connectivity index (χ3v) is 1.48. The Bertz CT molecular complexity index is 259. The van der Waals surface area contributed by atoms with Crippen molar-refractivity contribution >= 4 is 11.6 Å². The highest BCUT2D eigenvalue weighted by molar-refractivity contribution is 6.30. The molecule has 0 aliphatic carbocycles. The molecule has 2 rings (SSSR count). The van der Waals surface area contributed by atoms with E-state index in [1.165, 1.54) is 0 Å². The lowest BCUT2D eigenvalue weighted by Crippen LogP contribution is -1.55. The number of H-pyrrole nitrogens is 1. The number of aromatic nitrogens is 1. The van der Waals surface area contributed by atoms with Gasteiger partial charge in [-0.15, -0.1) is 0 Å². The molecule has 1 aromatic heterocycles. The molecule has 2 aromatic rings. The molecule has 0 spiro atoms. The molecule has 1 N–H and O–H groups in total. The first-order chi connectivity index (χ1) is 5.89. The quantitative estimate of drug-likeness (QED) is 0.639. The maximum absolute atomic E-state index is 5.54. The summed E-state index contributed by atoms with van der Waals surface area (Å²) in [4.78, 5) is 2.86. The van der Waals surface area contributed by atoms with E-state index < -0.39 is 0 Å². The van der Waals surface area contributed by atoms with Crippen molar-refractivity contribution in [3.63, 3.8) is 0 Å². The Morgan fingerprint density at radius 1 is 0.833 bits per heavy atom. The summed E-state index contributed by atoms with van der Waals surface area (Å²) >= 11 is 5.54. The molecule has 0 atom stereocenters. The molecule has 0 radical (unpaired) electrons. The molecule has 1 aromatic carbocycles. The van der Waals surface area contributed by atoms with Gasteiger partial charge in [0.1, 0.15) is 0 Å².